The number of benzene rings is 1. The van der Waals surface area contributed by atoms with Crippen molar-refractivity contribution in [2.45, 2.75) is 11.0 Å². The highest BCUT2D eigenvalue weighted by atomic mass is 32.2. The third-order valence-electron chi connectivity index (χ3n) is 2.14. The normalized spacial score (nSPS) is 12.2. The first-order valence-electron chi connectivity index (χ1n) is 5.47. The molecule has 0 aromatic heterocycles. The highest BCUT2D eigenvalue weighted by Crippen LogP contribution is 2.24. The van der Waals surface area contributed by atoms with Gasteiger partial charge in [0.2, 0.25) is 5.91 Å². The molecular weight excluding hydrogens is 270 g/mol. The van der Waals surface area contributed by atoms with Gasteiger partial charge in [0.15, 0.2) is 0 Å². The van der Waals surface area contributed by atoms with Crippen molar-refractivity contribution in [3.05, 3.63) is 24.3 Å². The van der Waals surface area contributed by atoms with Gasteiger partial charge >= 0.3 is 0 Å². The Bertz CT molecular complexity index is 387. The van der Waals surface area contributed by atoms with E-state index in [1.54, 1.807) is 11.8 Å². The number of hydrogen-bond donors (Lipinski definition) is 3. The Kier molecular flexibility index (Phi) is 7.19. The Labute approximate surface area is 115 Å². The molecule has 1 aromatic carbocycles. The van der Waals surface area contributed by atoms with Crippen molar-refractivity contribution in [2.75, 3.05) is 29.7 Å². The van der Waals surface area contributed by atoms with E-state index in [0.29, 0.717) is 5.75 Å². The van der Waals surface area contributed by atoms with E-state index >= 15 is 0 Å². The van der Waals surface area contributed by atoms with E-state index in [9.17, 15) is 4.79 Å². The number of aliphatic hydroxyl groups excluding tert-OH is 2. The fourth-order valence-corrected chi connectivity index (χ4v) is 2.58. The molecule has 1 amide bonds. The fourth-order valence-electron chi connectivity index (χ4n) is 1.27. The highest BCUT2D eigenvalue weighted by molar-refractivity contribution is 8.00. The second-order valence-corrected chi connectivity index (χ2v) is 5.48. The molecule has 0 bridgehead atoms. The summed E-state index contributed by atoms with van der Waals surface area (Å²) < 4.78 is 0. The molecule has 0 saturated heterocycles. The summed E-state index contributed by atoms with van der Waals surface area (Å²) in [4.78, 5) is 12.7. The lowest BCUT2D eigenvalue weighted by Crippen LogP contribution is -2.19. The van der Waals surface area contributed by atoms with E-state index in [1.807, 2.05) is 30.5 Å². The molecule has 18 heavy (non-hydrogen) atoms. The first kappa shape index (κ1) is 15.4. The number of nitrogens with one attached hydrogen (secondary N) is 1. The topological polar surface area (TPSA) is 69.6 Å². The van der Waals surface area contributed by atoms with Crippen molar-refractivity contribution in [3.8, 4) is 0 Å². The van der Waals surface area contributed by atoms with Crippen LogP contribution in [0.1, 0.15) is 0 Å². The lowest BCUT2D eigenvalue weighted by molar-refractivity contribution is -0.113. The van der Waals surface area contributed by atoms with Crippen molar-refractivity contribution in [3.63, 3.8) is 0 Å². The van der Waals surface area contributed by atoms with Gasteiger partial charge in [-0.3, -0.25) is 4.79 Å². The molecule has 0 aliphatic heterocycles. The number of thioether (sulfide) groups is 2. The number of anilines is 1. The van der Waals surface area contributed by atoms with Crippen LogP contribution >= 0.6 is 23.5 Å². The Morgan fingerprint density at radius 2 is 2.17 bits per heavy atom. The largest absolute Gasteiger partial charge is 0.394 e. The molecule has 1 aromatic rings. The molecular formula is C12H17NO3S2. The minimum Gasteiger partial charge on any atom is -0.394 e. The predicted molar refractivity (Wildman–Crippen MR) is 77.3 cm³/mol. The fraction of sp³-hybridized carbons (Fsp3) is 0.417. The second-order valence-electron chi connectivity index (χ2n) is 3.60. The molecule has 0 fully saturated rings. The Balaban J connectivity index is 2.40. The number of amides is 1. The van der Waals surface area contributed by atoms with Crippen molar-refractivity contribution in [1.29, 1.82) is 0 Å². The summed E-state index contributed by atoms with van der Waals surface area (Å²) in [7, 11) is 0. The van der Waals surface area contributed by atoms with E-state index in [4.69, 9.17) is 10.2 Å². The van der Waals surface area contributed by atoms with Crippen LogP contribution in [0.25, 0.3) is 0 Å². The summed E-state index contributed by atoms with van der Waals surface area (Å²) in [5.41, 5.74) is 0.804. The summed E-state index contributed by atoms with van der Waals surface area (Å²) in [5, 5.41) is 20.6. The molecule has 100 valence electrons. The van der Waals surface area contributed by atoms with E-state index in [1.165, 1.54) is 11.8 Å². The van der Waals surface area contributed by atoms with Gasteiger partial charge in [0.1, 0.15) is 0 Å². The first-order chi connectivity index (χ1) is 8.67. The van der Waals surface area contributed by atoms with Crippen molar-refractivity contribution < 1.29 is 15.0 Å². The number of carbonyl (C=O) groups excluding carboxylic acids is 1. The number of rotatable bonds is 7. The van der Waals surface area contributed by atoms with Crippen LogP contribution in [0.4, 0.5) is 5.69 Å². The summed E-state index contributed by atoms with van der Waals surface area (Å²) >= 11 is 2.87. The van der Waals surface area contributed by atoms with Gasteiger partial charge in [-0.1, -0.05) is 12.1 Å². The van der Waals surface area contributed by atoms with Gasteiger partial charge in [-0.25, -0.2) is 0 Å². The molecule has 1 rings (SSSR count). The lowest BCUT2D eigenvalue weighted by Gasteiger charge is -2.10. The van der Waals surface area contributed by atoms with Crippen molar-refractivity contribution in [1.82, 2.24) is 0 Å². The zero-order chi connectivity index (χ0) is 13.4. The Morgan fingerprint density at radius 3 is 2.83 bits per heavy atom. The zero-order valence-corrected chi connectivity index (χ0v) is 11.8. The molecule has 4 nitrogen and oxygen atoms in total. The average molecular weight is 287 g/mol. The standard InChI is InChI=1S/C12H17NO3S2/c1-17-11-5-3-2-4-10(11)13-12(16)8-18-7-9(15)6-14/h2-5,9,14-15H,6-8H2,1H3,(H,13,16). The van der Waals surface area contributed by atoms with Crippen LogP contribution < -0.4 is 5.32 Å². The van der Waals surface area contributed by atoms with Gasteiger partial charge in [-0.15, -0.1) is 23.5 Å². The van der Waals surface area contributed by atoms with Crippen LogP contribution in [0.3, 0.4) is 0 Å². The molecule has 0 heterocycles. The maximum absolute atomic E-state index is 11.7. The maximum atomic E-state index is 11.7. The molecule has 0 radical (unpaired) electrons. The van der Waals surface area contributed by atoms with Gasteiger partial charge < -0.3 is 15.5 Å². The quantitative estimate of drug-likeness (QED) is 0.662. The van der Waals surface area contributed by atoms with Gasteiger partial charge in [-0.05, 0) is 18.4 Å². The van der Waals surface area contributed by atoms with Crippen molar-refractivity contribution in [2.24, 2.45) is 0 Å². The zero-order valence-electron chi connectivity index (χ0n) is 10.1. The Morgan fingerprint density at radius 1 is 1.44 bits per heavy atom. The van der Waals surface area contributed by atoms with Gasteiger partial charge in [0, 0.05) is 10.6 Å². The van der Waals surface area contributed by atoms with Gasteiger partial charge in [0.05, 0.1) is 24.2 Å². The van der Waals surface area contributed by atoms with Crippen molar-refractivity contribution >= 4 is 35.1 Å². The van der Waals surface area contributed by atoms with Gasteiger partial charge in [0.25, 0.3) is 0 Å². The number of aliphatic hydroxyl groups is 2. The molecule has 3 N–H and O–H groups in total. The monoisotopic (exact) mass is 287 g/mol. The lowest BCUT2D eigenvalue weighted by atomic mass is 10.3. The molecule has 1 atom stereocenters. The maximum Gasteiger partial charge on any atom is 0.234 e. The van der Waals surface area contributed by atoms with Crippen LogP contribution in [0, 0.1) is 0 Å². The molecule has 6 heteroatoms. The molecule has 0 aliphatic carbocycles. The van der Waals surface area contributed by atoms with Gasteiger partial charge in [-0.2, -0.15) is 0 Å². The highest BCUT2D eigenvalue weighted by Gasteiger charge is 2.08. The molecule has 0 aliphatic rings. The SMILES string of the molecule is CSc1ccccc1NC(=O)CSCC(O)CO. The number of hydrogen-bond acceptors (Lipinski definition) is 5. The third-order valence-corrected chi connectivity index (χ3v) is 4.02. The van der Waals surface area contributed by atoms with Crippen LogP contribution in [-0.2, 0) is 4.79 Å². The molecule has 0 spiro atoms. The van der Waals surface area contributed by atoms with Crippen LogP contribution in [0.2, 0.25) is 0 Å². The summed E-state index contributed by atoms with van der Waals surface area (Å²) in [6, 6.07) is 7.60. The number of carbonyl (C=O) groups is 1. The first-order valence-corrected chi connectivity index (χ1v) is 7.85. The van der Waals surface area contributed by atoms with Crippen LogP contribution in [0.15, 0.2) is 29.2 Å². The smallest absolute Gasteiger partial charge is 0.234 e. The summed E-state index contributed by atoms with van der Waals surface area (Å²) in [6.45, 7) is -0.274. The average Bonchev–Trinajstić information content (AvgIpc) is 2.39. The van der Waals surface area contributed by atoms with E-state index in [0.717, 1.165) is 10.6 Å². The van der Waals surface area contributed by atoms with E-state index in [-0.39, 0.29) is 18.3 Å². The summed E-state index contributed by atoms with van der Waals surface area (Å²) in [6.07, 6.45) is 1.19. The molecule has 1 unspecified atom stereocenters. The van der Waals surface area contributed by atoms with Crippen LogP contribution in [-0.4, -0.2) is 46.6 Å². The van der Waals surface area contributed by atoms with E-state index < -0.39 is 6.10 Å². The Hall–Kier alpha value is -0.690. The number of para-hydroxylation sites is 1. The molecule has 0 saturated carbocycles. The third kappa shape index (κ3) is 5.30. The van der Waals surface area contributed by atoms with Crippen LogP contribution in [0.5, 0.6) is 0 Å². The minimum absolute atomic E-state index is 0.105. The second kappa shape index (κ2) is 8.42. The summed E-state index contributed by atoms with van der Waals surface area (Å²) in [5.74, 6) is 0.514. The predicted octanol–water partition coefficient (Wildman–Crippen LogP) is 1.43. The van der Waals surface area contributed by atoms with E-state index in [2.05, 4.69) is 5.32 Å². The minimum atomic E-state index is -0.763.